The molecule has 0 saturated carbocycles. The van der Waals surface area contributed by atoms with E-state index in [0.717, 1.165) is 0 Å². The van der Waals surface area contributed by atoms with Gasteiger partial charge in [0.15, 0.2) is 0 Å². The molecule has 12 heavy (non-hydrogen) atoms. The quantitative estimate of drug-likeness (QED) is 0.466. The lowest BCUT2D eigenvalue weighted by Gasteiger charge is -2.14. The van der Waals surface area contributed by atoms with Crippen LogP contribution in [0.15, 0.2) is 12.7 Å². The van der Waals surface area contributed by atoms with Crippen molar-refractivity contribution in [1.82, 2.24) is 0 Å². The van der Waals surface area contributed by atoms with Crippen molar-refractivity contribution >= 4 is 11.9 Å². The second-order valence-electron chi connectivity index (χ2n) is 2.43. The van der Waals surface area contributed by atoms with Gasteiger partial charge in [-0.2, -0.15) is 0 Å². The Hall–Kier alpha value is -1.36. The maximum absolute atomic E-state index is 10.4. The number of carbonyl (C=O) groups excluding carboxylic acids is 1. The Kier molecular flexibility index (Phi) is 3.99. The second-order valence-corrected chi connectivity index (χ2v) is 2.43. The number of hydrogen-bond acceptors (Lipinski definition) is 3. The Morgan fingerprint density at radius 3 is 2.33 bits per heavy atom. The SMILES string of the molecule is C=CC(CC(N)=O)C(N)C(=O)O. The first-order valence-corrected chi connectivity index (χ1v) is 3.38. The Balaban J connectivity index is 4.23. The molecule has 0 aromatic rings. The summed E-state index contributed by atoms with van der Waals surface area (Å²) in [6.07, 6.45) is 1.24. The Bertz CT molecular complexity index is 203. The maximum Gasteiger partial charge on any atom is 0.321 e. The summed E-state index contributed by atoms with van der Waals surface area (Å²) in [7, 11) is 0. The van der Waals surface area contributed by atoms with E-state index >= 15 is 0 Å². The lowest BCUT2D eigenvalue weighted by Crippen LogP contribution is -2.38. The molecule has 0 bridgehead atoms. The molecular weight excluding hydrogens is 160 g/mol. The van der Waals surface area contributed by atoms with Gasteiger partial charge in [-0.15, -0.1) is 6.58 Å². The molecule has 0 spiro atoms. The summed E-state index contributed by atoms with van der Waals surface area (Å²) >= 11 is 0. The smallest absolute Gasteiger partial charge is 0.321 e. The minimum atomic E-state index is -1.17. The summed E-state index contributed by atoms with van der Waals surface area (Å²) in [6, 6.07) is -1.12. The summed E-state index contributed by atoms with van der Waals surface area (Å²) in [5, 5.41) is 8.47. The van der Waals surface area contributed by atoms with Gasteiger partial charge in [0.05, 0.1) is 0 Å². The molecule has 68 valence electrons. The summed E-state index contributed by atoms with van der Waals surface area (Å²) < 4.78 is 0. The molecular formula is C7H12N2O3. The number of hydrogen-bond donors (Lipinski definition) is 3. The third-order valence-corrected chi connectivity index (χ3v) is 1.49. The Labute approximate surface area is 70.0 Å². The highest BCUT2D eigenvalue weighted by atomic mass is 16.4. The summed E-state index contributed by atoms with van der Waals surface area (Å²) in [5.74, 6) is -2.35. The molecule has 0 heterocycles. The fourth-order valence-corrected chi connectivity index (χ4v) is 0.772. The van der Waals surface area contributed by atoms with Crippen LogP contribution in [0, 0.1) is 5.92 Å². The molecule has 5 heteroatoms. The van der Waals surface area contributed by atoms with Gasteiger partial charge in [-0.05, 0) is 0 Å². The molecule has 1 amide bonds. The third-order valence-electron chi connectivity index (χ3n) is 1.49. The molecule has 0 fully saturated rings. The van der Waals surface area contributed by atoms with Crippen molar-refractivity contribution in [1.29, 1.82) is 0 Å². The van der Waals surface area contributed by atoms with Crippen molar-refractivity contribution < 1.29 is 14.7 Å². The molecule has 5 nitrogen and oxygen atoms in total. The van der Waals surface area contributed by atoms with Crippen LogP contribution in [0.1, 0.15) is 6.42 Å². The molecule has 0 radical (unpaired) electrons. The zero-order valence-corrected chi connectivity index (χ0v) is 6.56. The topological polar surface area (TPSA) is 106 Å². The van der Waals surface area contributed by atoms with Crippen LogP contribution in [0.2, 0.25) is 0 Å². The van der Waals surface area contributed by atoms with Gasteiger partial charge in [0, 0.05) is 12.3 Å². The van der Waals surface area contributed by atoms with Crippen molar-refractivity contribution in [3.63, 3.8) is 0 Å². The predicted octanol–water partition coefficient (Wildman–Crippen LogP) is -0.924. The van der Waals surface area contributed by atoms with Gasteiger partial charge in [0.1, 0.15) is 6.04 Å². The minimum Gasteiger partial charge on any atom is -0.480 e. The van der Waals surface area contributed by atoms with Crippen molar-refractivity contribution in [3.8, 4) is 0 Å². The van der Waals surface area contributed by atoms with Gasteiger partial charge < -0.3 is 16.6 Å². The molecule has 2 atom stereocenters. The monoisotopic (exact) mass is 172 g/mol. The van der Waals surface area contributed by atoms with Gasteiger partial charge in [0.2, 0.25) is 5.91 Å². The van der Waals surface area contributed by atoms with Gasteiger partial charge >= 0.3 is 5.97 Å². The van der Waals surface area contributed by atoms with Gasteiger partial charge in [-0.25, -0.2) is 0 Å². The number of rotatable bonds is 5. The average Bonchev–Trinajstić information content (AvgIpc) is 1.98. The molecule has 5 N–H and O–H groups in total. The first-order valence-electron chi connectivity index (χ1n) is 3.38. The highest BCUT2D eigenvalue weighted by molar-refractivity contribution is 5.78. The summed E-state index contributed by atoms with van der Waals surface area (Å²) in [5.41, 5.74) is 10.1. The van der Waals surface area contributed by atoms with E-state index < -0.39 is 23.8 Å². The number of aliphatic carboxylic acids is 1. The van der Waals surface area contributed by atoms with Crippen LogP contribution in [-0.2, 0) is 9.59 Å². The highest BCUT2D eigenvalue weighted by Gasteiger charge is 2.22. The number of carbonyl (C=O) groups is 2. The molecule has 0 aliphatic carbocycles. The van der Waals surface area contributed by atoms with Crippen LogP contribution >= 0.6 is 0 Å². The average molecular weight is 172 g/mol. The van der Waals surface area contributed by atoms with E-state index in [1.165, 1.54) is 6.08 Å². The molecule has 0 saturated heterocycles. The van der Waals surface area contributed by atoms with Gasteiger partial charge in [-0.1, -0.05) is 6.08 Å². The first kappa shape index (κ1) is 10.6. The molecule has 0 aliphatic rings. The zero-order valence-electron chi connectivity index (χ0n) is 6.56. The van der Waals surface area contributed by atoms with E-state index in [2.05, 4.69) is 6.58 Å². The third kappa shape index (κ3) is 3.16. The molecule has 2 unspecified atom stereocenters. The number of amides is 1. The van der Waals surface area contributed by atoms with Gasteiger partial charge in [0.25, 0.3) is 0 Å². The lowest BCUT2D eigenvalue weighted by atomic mass is 9.97. The van der Waals surface area contributed by atoms with Crippen LogP contribution in [0.4, 0.5) is 0 Å². The fourth-order valence-electron chi connectivity index (χ4n) is 0.772. The van der Waals surface area contributed by atoms with Crippen LogP contribution < -0.4 is 11.5 Å². The van der Waals surface area contributed by atoms with Crippen molar-refractivity contribution in [3.05, 3.63) is 12.7 Å². The van der Waals surface area contributed by atoms with Crippen molar-refractivity contribution in [2.24, 2.45) is 17.4 Å². The lowest BCUT2D eigenvalue weighted by molar-refractivity contribution is -0.139. The van der Waals surface area contributed by atoms with E-state index in [0.29, 0.717) is 0 Å². The highest BCUT2D eigenvalue weighted by Crippen LogP contribution is 2.07. The van der Waals surface area contributed by atoms with Crippen LogP contribution in [0.5, 0.6) is 0 Å². The zero-order chi connectivity index (χ0) is 9.72. The Morgan fingerprint density at radius 1 is 1.58 bits per heavy atom. The second kappa shape index (κ2) is 4.50. The van der Waals surface area contributed by atoms with Crippen LogP contribution in [-0.4, -0.2) is 23.0 Å². The van der Waals surface area contributed by atoms with Crippen LogP contribution in [0.3, 0.4) is 0 Å². The number of carboxylic acids is 1. The van der Waals surface area contributed by atoms with E-state index in [1.54, 1.807) is 0 Å². The largest absolute Gasteiger partial charge is 0.480 e. The Morgan fingerprint density at radius 2 is 2.08 bits per heavy atom. The van der Waals surface area contributed by atoms with E-state index in [4.69, 9.17) is 16.6 Å². The van der Waals surface area contributed by atoms with Crippen LogP contribution in [0.25, 0.3) is 0 Å². The normalized spacial score (nSPS) is 14.8. The number of nitrogens with two attached hydrogens (primary N) is 2. The van der Waals surface area contributed by atoms with E-state index in [-0.39, 0.29) is 6.42 Å². The predicted molar refractivity (Wildman–Crippen MR) is 43.1 cm³/mol. The van der Waals surface area contributed by atoms with Crippen molar-refractivity contribution in [2.75, 3.05) is 0 Å². The molecule has 0 aromatic carbocycles. The molecule has 0 rings (SSSR count). The minimum absolute atomic E-state index is 0.0863. The first-order chi connectivity index (χ1) is 5.49. The van der Waals surface area contributed by atoms with Crippen molar-refractivity contribution in [2.45, 2.75) is 12.5 Å². The van der Waals surface area contributed by atoms with E-state index in [1.807, 2.05) is 0 Å². The fraction of sp³-hybridized carbons (Fsp3) is 0.429. The number of carboxylic acid groups (broad SMARTS) is 1. The summed E-state index contributed by atoms with van der Waals surface area (Å²) in [6.45, 7) is 3.37. The van der Waals surface area contributed by atoms with E-state index in [9.17, 15) is 9.59 Å². The maximum atomic E-state index is 10.4. The standard InChI is InChI=1S/C7H12N2O3/c1-2-4(3-5(8)10)6(9)7(11)12/h2,4,6H,1,3,9H2,(H2,8,10)(H,11,12). The molecule has 0 aliphatic heterocycles. The molecule has 0 aromatic heterocycles. The number of primary amides is 1. The summed E-state index contributed by atoms with van der Waals surface area (Å²) in [4.78, 5) is 20.8. The van der Waals surface area contributed by atoms with Gasteiger partial charge in [-0.3, -0.25) is 9.59 Å².